The van der Waals surface area contributed by atoms with Gasteiger partial charge in [0.15, 0.2) is 0 Å². The molecular formula is C15H26N4. The van der Waals surface area contributed by atoms with Crippen molar-refractivity contribution >= 4 is 11.6 Å². The standard InChI is InChI=1S/C15H26N4/c1-4-19(5-2)15-11-14(16-12(3)17-15)18-13-9-7-6-8-10-13/h11,13H,4-10H2,1-3H3,(H,16,17,18). The van der Waals surface area contributed by atoms with Gasteiger partial charge >= 0.3 is 0 Å². The molecule has 1 aliphatic rings. The molecule has 0 aromatic carbocycles. The number of aryl methyl sites for hydroxylation is 1. The van der Waals surface area contributed by atoms with Crippen molar-refractivity contribution in [1.82, 2.24) is 9.97 Å². The second kappa shape index (κ2) is 6.73. The fourth-order valence-corrected chi connectivity index (χ4v) is 2.79. The average molecular weight is 262 g/mol. The monoisotopic (exact) mass is 262 g/mol. The molecule has 106 valence electrons. The first-order valence-corrected chi connectivity index (χ1v) is 7.60. The number of nitrogens with one attached hydrogen (secondary N) is 1. The molecule has 0 aliphatic heterocycles. The van der Waals surface area contributed by atoms with Gasteiger partial charge in [-0.3, -0.25) is 0 Å². The third-order valence-corrected chi connectivity index (χ3v) is 3.87. The predicted molar refractivity (Wildman–Crippen MR) is 80.8 cm³/mol. The van der Waals surface area contributed by atoms with Crippen LogP contribution in [0.3, 0.4) is 0 Å². The summed E-state index contributed by atoms with van der Waals surface area (Å²) in [6, 6.07) is 2.68. The van der Waals surface area contributed by atoms with Crippen LogP contribution in [-0.2, 0) is 0 Å². The lowest BCUT2D eigenvalue weighted by Crippen LogP contribution is -2.25. The highest BCUT2D eigenvalue weighted by molar-refractivity contribution is 5.49. The van der Waals surface area contributed by atoms with Crippen molar-refractivity contribution in [3.63, 3.8) is 0 Å². The average Bonchev–Trinajstić information content (AvgIpc) is 2.40. The summed E-state index contributed by atoms with van der Waals surface area (Å²) in [6.45, 7) is 8.26. The summed E-state index contributed by atoms with van der Waals surface area (Å²) >= 11 is 0. The van der Waals surface area contributed by atoms with Crippen LogP contribution in [0, 0.1) is 6.92 Å². The van der Waals surface area contributed by atoms with E-state index in [1.165, 1.54) is 32.1 Å². The molecule has 1 fully saturated rings. The van der Waals surface area contributed by atoms with E-state index in [0.29, 0.717) is 6.04 Å². The smallest absolute Gasteiger partial charge is 0.134 e. The first-order valence-electron chi connectivity index (χ1n) is 7.60. The van der Waals surface area contributed by atoms with Crippen molar-refractivity contribution in [2.45, 2.75) is 58.9 Å². The zero-order chi connectivity index (χ0) is 13.7. The first kappa shape index (κ1) is 14.1. The summed E-state index contributed by atoms with van der Waals surface area (Å²) in [5.74, 6) is 2.87. The van der Waals surface area contributed by atoms with Gasteiger partial charge in [-0.25, -0.2) is 9.97 Å². The molecule has 2 rings (SSSR count). The minimum absolute atomic E-state index is 0.590. The fraction of sp³-hybridized carbons (Fsp3) is 0.733. The van der Waals surface area contributed by atoms with Crippen LogP contribution in [-0.4, -0.2) is 29.1 Å². The number of nitrogens with zero attached hydrogens (tertiary/aromatic N) is 3. The van der Waals surface area contributed by atoms with Crippen LogP contribution in [0.1, 0.15) is 51.8 Å². The Labute approximate surface area is 116 Å². The van der Waals surface area contributed by atoms with E-state index in [-0.39, 0.29) is 0 Å². The van der Waals surface area contributed by atoms with E-state index in [4.69, 9.17) is 0 Å². The minimum Gasteiger partial charge on any atom is -0.367 e. The van der Waals surface area contributed by atoms with Crippen molar-refractivity contribution in [1.29, 1.82) is 0 Å². The molecule has 1 heterocycles. The van der Waals surface area contributed by atoms with Gasteiger partial charge in [-0.1, -0.05) is 19.3 Å². The number of rotatable bonds is 5. The molecule has 0 unspecified atom stereocenters. The highest BCUT2D eigenvalue weighted by Gasteiger charge is 2.15. The molecule has 1 saturated carbocycles. The summed E-state index contributed by atoms with van der Waals surface area (Å²) in [4.78, 5) is 11.3. The molecule has 0 radical (unpaired) electrons. The Morgan fingerprint density at radius 2 is 1.84 bits per heavy atom. The molecule has 0 atom stereocenters. The lowest BCUT2D eigenvalue weighted by atomic mass is 9.95. The second-order valence-corrected chi connectivity index (χ2v) is 5.31. The van der Waals surface area contributed by atoms with Crippen molar-refractivity contribution in [3.8, 4) is 0 Å². The predicted octanol–water partition coefficient (Wildman–Crippen LogP) is 3.38. The van der Waals surface area contributed by atoms with Gasteiger partial charge in [0.25, 0.3) is 0 Å². The molecule has 0 saturated heterocycles. The third kappa shape index (κ3) is 3.82. The van der Waals surface area contributed by atoms with Crippen LogP contribution < -0.4 is 10.2 Å². The molecule has 1 aromatic heterocycles. The van der Waals surface area contributed by atoms with E-state index in [1.54, 1.807) is 0 Å². The maximum atomic E-state index is 4.54. The van der Waals surface area contributed by atoms with E-state index in [2.05, 4.69) is 40.1 Å². The number of aromatic nitrogens is 2. The summed E-state index contributed by atoms with van der Waals surface area (Å²) in [5.41, 5.74) is 0. The minimum atomic E-state index is 0.590. The molecule has 1 aliphatic carbocycles. The number of hydrogen-bond acceptors (Lipinski definition) is 4. The van der Waals surface area contributed by atoms with E-state index in [1.807, 2.05) is 6.92 Å². The molecule has 1 N–H and O–H groups in total. The fourth-order valence-electron chi connectivity index (χ4n) is 2.79. The van der Waals surface area contributed by atoms with Gasteiger partial charge in [0, 0.05) is 25.2 Å². The van der Waals surface area contributed by atoms with E-state index < -0.39 is 0 Å². The van der Waals surface area contributed by atoms with Crippen molar-refractivity contribution in [2.75, 3.05) is 23.3 Å². The maximum absolute atomic E-state index is 4.54. The SMILES string of the molecule is CCN(CC)c1cc(NC2CCCCC2)nc(C)n1. The molecule has 1 aromatic rings. The maximum Gasteiger partial charge on any atom is 0.134 e. The Bertz CT molecular complexity index is 395. The Morgan fingerprint density at radius 3 is 2.47 bits per heavy atom. The van der Waals surface area contributed by atoms with Crippen LogP contribution in [0.5, 0.6) is 0 Å². The summed E-state index contributed by atoms with van der Waals surface area (Å²) in [6.07, 6.45) is 6.59. The molecule has 0 amide bonds. The van der Waals surface area contributed by atoms with Crippen LogP contribution in [0.4, 0.5) is 11.6 Å². The number of hydrogen-bond donors (Lipinski definition) is 1. The highest BCUT2D eigenvalue weighted by Crippen LogP contribution is 2.22. The topological polar surface area (TPSA) is 41.0 Å². The van der Waals surface area contributed by atoms with Crippen LogP contribution in [0.2, 0.25) is 0 Å². The Balaban J connectivity index is 2.11. The van der Waals surface area contributed by atoms with Crippen LogP contribution in [0.25, 0.3) is 0 Å². The first-order chi connectivity index (χ1) is 9.22. The van der Waals surface area contributed by atoms with E-state index in [9.17, 15) is 0 Å². The highest BCUT2D eigenvalue weighted by atomic mass is 15.2. The molecule has 19 heavy (non-hydrogen) atoms. The second-order valence-electron chi connectivity index (χ2n) is 5.31. The van der Waals surface area contributed by atoms with E-state index >= 15 is 0 Å². The summed E-state index contributed by atoms with van der Waals surface area (Å²) in [7, 11) is 0. The molecule has 0 bridgehead atoms. The van der Waals surface area contributed by atoms with Gasteiger partial charge in [-0.2, -0.15) is 0 Å². The third-order valence-electron chi connectivity index (χ3n) is 3.87. The number of anilines is 2. The largest absolute Gasteiger partial charge is 0.367 e. The lowest BCUT2D eigenvalue weighted by molar-refractivity contribution is 0.461. The van der Waals surface area contributed by atoms with Crippen LogP contribution >= 0.6 is 0 Å². The van der Waals surface area contributed by atoms with Gasteiger partial charge in [-0.15, -0.1) is 0 Å². The lowest BCUT2D eigenvalue weighted by Gasteiger charge is -2.25. The zero-order valence-electron chi connectivity index (χ0n) is 12.4. The van der Waals surface area contributed by atoms with Crippen molar-refractivity contribution < 1.29 is 0 Å². The Kier molecular flexibility index (Phi) is 5.00. The van der Waals surface area contributed by atoms with E-state index in [0.717, 1.165) is 30.5 Å². The van der Waals surface area contributed by atoms with Gasteiger partial charge < -0.3 is 10.2 Å². The van der Waals surface area contributed by atoms with Crippen molar-refractivity contribution in [3.05, 3.63) is 11.9 Å². The molecule has 0 spiro atoms. The van der Waals surface area contributed by atoms with Gasteiger partial charge in [0.1, 0.15) is 17.5 Å². The quantitative estimate of drug-likeness (QED) is 0.883. The molecular weight excluding hydrogens is 236 g/mol. The van der Waals surface area contributed by atoms with Crippen molar-refractivity contribution in [2.24, 2.45) is 0 Å². The normalized spacial score (nSPS) is 16.4. The van der Waals surface area contributed by atoms with Gasteiger partial charge in [-0.05, 0) is 33.6 Å². The van der Waals surface area contributed by atoms with Gasteiger partial charge in [0.05, 0.1) is 0 Å². The van der Waals surface area contributed by atoms with Gasteiger partial charge in [0.2, 0.25) is 0 Å². The van der Waals surface area contributed by atoms with Crippen LogP contribution in [0.15, 0.2) is 6.07 Å². The molecule has 4 heteroatoms. The zero-order valence-corrected chi connectivity index (χ0v) is 12.4. The summed E-state index contributed by atoms with van der Waals surface area (Å²) in [5, 5.41) is 3.59. The Hall–Kier alpha value is -1.32. The summed E-state index contributed by atoms with van der Waals surface area (Å²) < 4.78 is 0. The Morgan fingerprint density at radius 1 is 1.16 bits per heavy atom. The molecule has 4 nitrogen and oxygen atoms in total.